The molecule has 2 aromatic heterocycles. The van der Waals surface area contributed by atoms with Gasteiger partial charge < -0.3 is 4.57 Å². The Morgan fingerprint density at radius 2 is 1.79 bits per heavy atom. The van der Waals surface area contributed by atoms with Crippen LogP contribution in [-0.2, 0) is 6.54 Å². The Morgan fingerprint density at radius 1 is 1.00 bits per heavy atom. The van der Waals surface area contributed by atoms with E-state index in [1.807, 2.05) is 47.2 Å². The second-order valence-electron chi connectivity index (χ2n) is 6.92. The lowest BCUT2D eigenvalue weighted by Gasteiger charge is -2.12. The lowest BCUT2D eigenvalue weighted by atomic mass is 10.1. The lowest BCUT2D eigenvalue weighted by Crippen LogP contribution is -2.16. The van der Waals surface area contributed by atoms with Crippen molar-refractivity contribution in [3.8, 4) is 17.1 Å². The van der Waals surface area contributed by atoms with Crippen molar-refractivity contribution in [3.63, 3.8) is 0 Å². The highest BCUT2D eigenvalue weighted by Gasteiger charge is 2.16. The molecule has 5 nitrogen and oxygen atoms in total. The summed E-state index contributed by atoms with van der Waals surface area (Å²) in [5.41, 5.74) is 5.55. The Hall–Kier alpha value is -2.64. The van der Waals surface area contributed by atoms with Crippen molar-refractivity contribution in [1.82, 2.24) is 19.3 Å². The van der Waals surface area contributed by atoms with E-state index in [0.29, 0.717) is 6.54 Å². The zero-order valence-corrected chi connectivity index (χ0v) is 18.3. The van der Waals surface area contributed by atoms with Crippen LogP contribution in [0.5, 0.6) is 0 Å². The summed E-state index contributed by atoms with van der Waals surface area (Å²) in [6.07, 6.45) is 0. The summed E-state index contributed by atoms with van der Waals surface area (Å²) in [5, 5.41) is 11.7. The maximum absolute atomic E-state index is 12.0. The summed E-state index contributed by atoms with van der Waals surface area (Å²) in [6, 6.07) is 16.5. The number of thioether (sulfide) groups is 1. The molecule has 148 valence electrons. The number of nitrogens with zero attached hydrogens (tertiary/aromatic N) is 4. The van der Waals surface area contributed by atoms with Gasteiger partial charge in [0, 0.05) is 28.9 Å². The van der Waals surface area contributed by atoms with Crippen LogP contribution in [0.1, 0.15) is 16.8 Å². The number of rotatable bonds is 6. The first kappa shape index (κ1) is 19.7. The quantitative estimate of drug-likeness (QED) is 0.416. The van der Waals surface area contributed by atoms with Gasteiger partial charge >= 0.3 is 4.87 Å². The molecule has 0 aliphatic rings. The summed E-state index contributed by atoms with van der Waals surface area (Å²) in [4.78, 5) is 12.1. The van der Waals surface area contributed by atoms with Crippen LogP contribution in [0.2, 0.25) is 0 Å². The Labute approximate surface area is 178 Å². The Morgan fingerprint density at radius 3 is 2.48 bits per heavy atom. The average molecular weight is 423 g/mol. The van der Waals surface area contributed by atoms with Gasteiger partial charge in [0.05, 0.1) is 5.69 Å². The summed E-state index contributed by atoms with van der Waals surface area (Å²) < 4.78 is 3.92. The van der Waals surface area contributed by atoms with E-state index < -0.39 is 0 Å². The van der Waals surface area contributed by atoms with E-state index in [1.165, 1.54) is 22.5 Å². The van der Waals surface area contributed by atoms with Crippen LogP contribution in [0, 0.1) is 20.8 Å². The first-order valence-electron chi connectivity index (χ1n) is 9.41. The van der Waals surface area contributed by atoms with Crippen LogP contribution in [0.25, 0.3) is 17.1 Å². The Kier molecular flexibility index (Phi) is 5.69. The van der Waals surface area contributed by atoms with E-state index in [9.17, 15) is 4.79 Å². The molecule has 0 fully saturated rings. The molecule has 0 aliphatic heterocycles. The van der Waals surface area contributed by atoms with Gasteiger partial charge in [0.2, 0.25) is 0 Å². The van der Waals surface area contributed by atoms with Crippen molar-refractivity contribution < 1.29 is 0 Å². The molecule has 0 spiro atoms. The molecule has 29 heavy (non-hydrogen) atoms. The Balaban J connectivity index is 1.69. The van der Waals surface area contributed by atoms with Crippen molar-refractivity contribution >= 4 is 23.1 Å². The van der Waals surface area contributed by atoms with Crippen LogP contribution < -0.4 is 4.87 Å². The number of hydrogen-bond donors (Lipinski definition) is 0. The van der Waals surface area contributed by atoms with Gasteiger partial charge in [0.15, 0.2) is 11.0 Å². The van der Waals surface area contributed by atoms with Gasteiger partial charge in [-0.2, -0.15) is 0 Å². The lowest BCUT2D eigenvalue weighted by molar-refractivity contribution is 0.729. The second-order valence-corrected chi connectivity index (χ2v) is 8.80. The topological polar surface area (TPSA) is 52.7 Å². The fourth-order valence-corrected chi connectivity index (χ4v) is 4.77. The van der Waals surface area contributed by atoms with Crippen LogP contribution in [0.4, 0.5) is 0 Å². The molecule has 2 aromatic carbocycles. The number of benzene rings is 2. The molecule has 2 heterocycles. The molecule has 0 saturated heterocycles. The van der Waals surface area contributed by atoms with E-state index in [0.717, 1.165) is 33.7 Å². The van der Waals surface area contributed by atoms with Crippen molar-refractivity contribution in [2.75, 3.05) is 5.75 Å². The minimum absolute atomic E-state index is 0.0868. The monoisotopic (exact) mass is 422 g/mol. The van der Waals surface area contributed by atoms with Crippen LogP contribution in [-0.4, -0.2) is 25.1 Å². The number of thiazole rings is 1. The fourth-order valence-electron chi connectivity index (χ4n) is 3.14. The predicted molar refractivity (Wildman–Crippen MR) is 120 cm³/mol. The first-order valence-corrected chi connectivity index (χ1v) is 11.3. The molecular formula is C22H22N4OS2. The third-order valence-electron chi connectivity index (χ3n) is 4.94. The van der Waals surface area contributed by atoms with Gasteiger partial charge in [-0.25, -0.2) is 0 Å². The molecule has 0 unspecified atom stereocenters. The number of hydrogen-bond acceptors (Lipinski definition) is 5. The zero-order chi connectivity index (χ0) is 20.4. The smallest absolute Gasteiger partial charge is 0.303 e. The average Bonchev–Trinajstić information content (AvgIpc) is 3.29. The van der Waals surface area contributed by atoms with E-state index >= 15 is 0 Å². The predicted octanol–water partition coefficient (Wildman–Crippen LogP) is 4.88. The number of aromatic nitrogens is 4. The van der Waals surface area contributed by atoms with Gasteiger partial charge in [-0.05, 0) is 44.0 Å². The Bertz CT molecular complexity index is 1190. The van der Waals surface area contributed by atoms with Crippen molar-refractivity contribution in [2.24, 2.45) is 0 Å². The molecule has 0 amide bonds. The number of aryl methyl sites for hydroxylation is 3. The molecule has 0 N–H and O–H groups in total. The molecule has 4 aromatic rings. The normalized spacial score (nSPS) is 11.1. The zero-order valence-electron chi connectivity index (χ0n) is 16.6. The molecule has 0 saturated carbocycles. The molecule has 0 aliphatic carbocycles. The fraction of sp³-hybridized carbons (Fsp3) is 0.227. The highest BCUT2D eigenvalue weighted by Crippen LogP contribution is 2.29. The van der Waals surface area contributed by atoms with Crippen molar-refractivity contribution in [3.05, 3.63) is 80.4 Å². The van der Waals surface area contributed by atoms with Gasteiger partial charge in [-0.1, -0.05) is 59.5 Å². The third-order valence-corrected chi connectivity index (χ3v) is 6.73. The summed E-state index contributed by atoms with van der Waals surface area (Å²) >= 11 is 2.86. The van der Waals surface area contributed by atoms with E-state index in [-0.39, 0.29) is 4.87 Å². The van der Waals surface area contributed by atoms with E-state index in [4.69, 9.17) is 0 Å². The molecule has 0 radical (unpaired) electrons. The summed E-state index contributed by atoms with van der Waals surface area (Å²) in [6.45, 7) is 6.84. The SMILES string of the molecule is Cc1ccc(-n2c(SCCn3c(C)csc3=O)nnc2-c2ccccc2)cc1C. The highest BCUT2D eigenvalue weighted by molar-refractivity contribution is 7.99. The standard InChI is InChI=1S/C22H22N4OS2/c1-15-9-10-19(13-16(15)2)26-20(18-7-5-4-6-8-18)23-24-21(26)28-12-11-25-17(3)14-29-22(25)27/h4-10,13-14H,11-12H2,1-3H3. The highest BCUT2D eigenvalue weighted by atomic mass is 32.2. The van der Waals surface area contributed by atoms with Crippen molar-refractivity contribution in [2.45, 2.75) is 32.5 Å². The molecule has 0 bridgehead atoms. The minimum Gasteiger partial charge on any atom is -0.303 e. The largest absolute Gasteiger partial charge is 0.307 e. The maximum atomic E-state index is 12.0. The van der Waals surface area contributed by atoms with E-state index in [2.05, 4.69) is 46.8 Å². The van der Waals surface area contributed by atoms with Gasteiger partial charge in [-0.3, -0.25) is 9.36 Å². The first-order chi connectivity index (χ1) is 14.0. The van der Waals surface area contributed by atoms with E-state index in [1.54, 1.807) is 11.8 Å². The molecular weight excluding hydrogens is 400 g/mol. The minimum atomic E-state index is 0.0868. The van der Waals surface area contributed by atoms with Crippen LogP contribution in [0.15, 0.2) is 63.9 Å². The third kappa shape index (κ3) is 4.06. The van der Waals surface area contributed by atoms with Gasteiger partial charge in [0.25, 0.3) is 0 Å². The molecule has 0 atom stereocenters. The van der Waals surface area contributed by atoms with Gasteiger partial charge in [0.1, 0.15) is 0 Å². The second kappa shape index (κ2) is 8.39. The van der Waals surface area contributed by atoms with Crippen LogP contribution >= 0.6 is 23.1 Å². The maximum Gasteiger partial charge on any atom is 0.307 e. The molecule has 7 heteroatoms. The molecule has 4 rings (SSSR count). The van der Waals surface area contributed by atoms with Gasteiger partial charge in [-0.15, -0.1) is 10.2 Å². The van der Waals surface area contributed by atoms with Crippen molar-refractivity contribution in [1.29, 1.82) is 0 Å². The summed E-state index contributed by atoms with van der Waals surface area (Å²) in [5.74, 6) is 1.56. The van der Waals surface area contributed by atoms with Crippen LogP contribution in [0.3, 0.4) is 0 Å². The summed E-state index contributed by atoms with van der Waals surface area (Å²) in [7, 11) is 0.